The lowest BCUT2D eigenvalue weighted by Gasteiger charge is -2.26. The summed E-state index contributed by atoms with van der Waals surface area (Å²) < 4.78 is -6.98. The Bertz CT molecular complexity index is 1240. The maximum absolute atomic E-state index is 11.2. The molecule has 0 saturated carbocycles. The number of nitrogens with one attached hydrogen (secondary N) is 4. The predicted octanol–water partition coefficient (Wildman–Crippen LogP) is 7.39. The number of allylic oxidation sites excluding steroid dienone is 4. The van der Waals surface area contributed by atoms with Gasteiger partial charge >= 0.3 is 0 Å². The number of nitrogens with two attached hydrogens (primary N) is 2. The van der Waals surface area contributed by atoms with Gasteiger partial charge in [-0.15, -0.1) is 0 Å². The zero-order chi connectivity index (χ0) is 44.5. The lowest BCUT2D eigenvalue weighted by Crippen LogP contribution is -2.54. The molecule has 26 heteroatoms. The lowest BCUT2D eigenvalue weighted by molar-refractivity contribution is -0.119. The molecule has 0 saturated heterocycles. The molecule has 312 valence electrons. The Balaban J connectivity index is -0.000000136. The predicted molar refractivity (Wildman–Crippen MR) is 238 cm³/mol. The van der Waals surface area contributed by atoms with Gasteiger partial charge in [0, 0.05) is 0 Å². The largest absolute Gasteiger partial charge is 0.369 e. The van der Waals surface area contributed by atoms with E-state index < -0.39 is 51.5 Å². The van der Waals surface area contributed by atoms with E-state index in [1.165, 1.54) is 30.4 Å². The van der Waals surface area contributed by atoms with E-state index in [0.29, 0.717) is 4.99 Å². The average Bonchev–Trinajstić information content (AvgIpc) is 2.97. The third kappa shape index (κ3) is 56.0. The molecule has 0 aromatic rings. The van der Waals surface area contributed by atoms with E-state index >= 15 is 0 Å². The average molecular weight is 1040 g/mol. The van der Waals surface area contributed by atoms with Gasteiger partial charge in [-0.2, -0.15) is 0 Å². The zero-order valence-corrected chi connectivity index (χ0v) is 39.3. The number of aliphatic hydroxyl groups excluding tert-OH is 1. The molecule has 0 aliphatic carbocycles. The summed E-state index contributed by atoms with van der Waals surface area (Å²) in [6.07, 6.45) is 8.22. The molecule has 9 N–H and O–H groups in total. The molecule has 0 spiro atoms. The molecular formula is C28H38Cl12N6O6S2. The van der Waals surface area contributed by atoms with Crippen LogP contribution in [-0.4, -0.2) is 78.8 Å². The Morgan fingerprint density at radius 2 is 1.00 bits per heavy atom. The molecule has 3 atom stereocenters. The van der Waals surface area contributed by atoms with E-state index in [0.717, 1.165) is 0 Å². The number of thiocarbonyl (C=S) groups is 2. The summed E-state index contributed by atoms with van der Waals surface area (Å²) >= 11 is 72.4. The topological polar surface area (TPSA) is 206 Å². The monoisotopic (exact) mass is 1040 g/mol. The van der Waals surface area contributed by atoms with Gasteiger partial charge in [-0.25, -0.2) is 0 Å². The maximum atomic E-state index is 11.2. The number of halogens is 12. The molecule has 0 aromatic carbocycles. The van der Waals surface area contributed by atoms with Crippen molar-refractivity contribution in [1.29, 1.82) is 0 Å². The van der Waals surface area contributed by atoms with Gasteiger partial charge in [-0.1, -0.05) is 181 Å². The summed E-state index contributed by atoms with van der Waals surface area (Å²) in [7, 11) is 0. The minimum absolute atomic E-state index is 0.234. The summed E-state index contributed by atoms with van der Waals surface area (Å²) in [4.78, 5) is 52.4. The number of hydrogen-bond donors (Lipinski definition) is 7. The van der Waals surface area contributed by atoms with Gasteiger partial charge in [0.15, 0.2) is 12.5 Å². The summed E-state index contributed by atoms with van der Waals surface area (Å²) in [5.74, 6) is -1.66. The maximum Gasteiger partial charge on any atom is 0.245 e. The number of carbonyl (C=O) groups is 5. The Hall–Kier alpha value is -0.330. The third-order valence-corrected chi connectivity index (χ3v) is 5.98. The molecule has 0 rings (SSSR count). The van der Waals surface area contributed by atoms with Crippen molar-refractivity contribution in [3.63, 3.8) is 0 Å². The van der Waals surface area contributed by atoms with Crippen molar-refractivity contribution in [3.8, 4) is 0 Å². The molecule has 0 fully saturated rings. The van der Waals surface area contributed by atoms with Gasteiger partial charge in [0.2, 0.25) is 38.8 Å². The van der Waals surface area contributed by atoms with Gasteiger partial charge < -0.3 is 37.8 Å². The number of primary amides is 1. The molecule has 0 radical (unpaired) electrons. The van der Waals surface area contributed by atoms with Crippen LogP contribution in [0.15, 0.2) is 55.2 Å². The highest BCUT2D eigenvalue weighted by atomic mass is 35.6. The van der Waals surface area contributed by atoms with Crippen LogP contribution in [0.1, 0.15) is 34.6 Å². The first-order chi connectivity index (χ1) is 24.3. The Morgan fingerprint density at radius 1 is 0.685 bits per heavy atom. The second-order valence-corrected chi connectivity index (χ2v) is 18.7. The van der Waals surface area contributed by atoms with E-state index in [1.54, 1.807) is 52.8 Å². The molecular weight excluding hydrogens is 1010 g/mol. The molecule has 0 bridgehead atoms. The van der Waals surface area contributed by atoms with Crippen LogP contribution >= 0.6 is 164 Å². The second-order valence-electron chi connectivity index (χ2n) is 8.37. The van der Waals surface area contributed by atoms with Gasteiger partial charge in [0.05, 0.1) is 4.99 Å². The Labute approximate surface area is 385 Å². The normalized spacial score (nSPS) is 12.8. The van der Waals surface area contributed by atoms with E-state index in [1.807, 2.05) is 0 Å². The Kier molecular flexibility index (Phi) is 44.9. The van der Waals surface area contributed by atoms with Crippen LogP contribution in [0.5, 0.6) is 0 Å². The van der Waals surface area contributed by atoms with Crippen LogP contribution in [0.25, 0.3) is 0 Å². The lowest BCUT2D eigenvalue weighted by atomic mass is 10.4. The van der Waals surface area contributed by atoms with Crippen molar-refractivity contribution in [2.45, 2.75) is 68.3 Å². The summed E-state index contributed by atoms with van der Waals surface area (Å²) in [6.45, 7) is 11.5. The van der Waals surface area contributed by atoms with Crippen molar-refractivity contribution in [2.24, 2.45) is 11.5 Å². The number of carbonyl (C=O) groups excluding carboxylic acids is 5. The summed E-state index contributed by atoms with van der Waals surface area (Å²) in [5.41, 5.74) is 10.00. The van der Waals surface area contributed by atoms with Crippen molar-refractivity contribution in [1.82, 2.24) is 21.3 Å². The van der Waals surface area contributed by atoms with Crippen LogP contribution in [0.2, 0.25) is 0 Å². The fraction of sp³-hybridized carbons (Fsp3) is 0.429. The van der Waals surface area contributed by atoms with E-state index in [9.17, 15) is 24.0 Å². The van der Waals surface area contributed by atoms with Crippen LogP contribution in [-0.2, 0) is 24.0 Å². The van der Waals surface area contributed by atoms with E-state index in [-0.39, 0.29) is 12.2 Å². The Morgan fingerprint density at radius 3 is 1.20 bits per heavy atom. The number of amides is 4. The van der Waals surface area contributed by atoms with Gasteiger partial charge in [-0.3, -0.25) is 24.0 Å². The molecule has 0 aromatic heterocycles. The smallest absolute Gasteiger partial charge is 0.245 e. The highest BCUT2D eigenvalue weighted by Crippen LogP contribution is 2.30. The van der Waals surface area contributed by atoms with Crippen molar-refractivity contribution in [3.05, 3.63) is 55.2 Å². The number of alkyl halides is 12. The molecule has 0 aliphatic rings. The van der Waals surface area contributed by atoms with Crippen LogP contribution in [0.4, 0.5) is 0 Å². The van der Waals surface area contributed by atoms with Crippen molar-refractivity contribution < 1.29 is 29.1 Å². The summed E-state index contributed by atoms with van der Waals surface area (Å²) in [6, 6.07) is 0. The van der Waals surface area contributed by atoms with Crippen molar-refractivity contribution in [2.75, 3.05) is 0 Å². The van der Waals surface area contributed by atoms with Crippen LogP contribution in [0.3, 0.4) is 0 Å². The summed E-state index contributed by atoms with van der Waals surface area (Å²) in [5, 5.41) is 20.6. The minimum atomic E-state index is -1.91. The van der Waals surface area contributed by atoms with E-state index in [4.69, 9.17) is 162 Å². The van der Waals surface area contributed by atoms with E-state index in [2.05, 4.69) is 50.8 Å². The fourth-order valence-electron chi connectivity index (χ4n) is 1.76. The quantitative estimate of drug-likeness (QED) is 0.0422. The minimum Gasteiger partial charge on any atom is -0.369 e. The van der Waals surface area contributed by atoms with Crippen LogP contribution in [0, 0.1) is 0 Å². The molecule has 3 unspecified atom stereocenters. The molecule has 0 aliphatic heterocycles. The highest BCUT2D eigenvalue weighted by Gasteiger charge is 2.34. The molecule has 12 nitrogen and oxygen atoms in total. The third-order valence-electron chi connectivity index (χ3n) is 3.62. The zero-order valence-electron chi connectivity index (χ0n) is 28.6. The van der Waals surface area contributed by atoms with Gasteiger partial charge in [0.1, 0.15) is 12.3 Å². The standard InChI is InChI=1S/C8H11Cl3N2OS.C6H9Cl3N2O.C6H8Cl3NO2.C4H7NO.C2HCl3O.C2H2S/c1-3-4-6(14)13-7(8(9,10)11)12-5(2)15;1-2-3-4(12)11-5(10)6(7,8)9;1-2-3-4(11)10-5(12)6(7,8)9;1-2-3-4(5)6;3-2(4,5)1-6;1-2-3/h3-4,7H,1-2H3,(H,12,15)(H,13,14);2-3,5H,10H2,1H3,(H,11,12);2-3,5,12H,1H3,(H,10,11);2-3H,1H3,(H2,5,6);1H;1H2/b4-3+;3*3-2+;;. The van der Waals surface area contributed by atoms with Crippen molar-refractivity contribution >= 4 is 204 Å². The number of aldehydes is 1. The second kappa shape index (κ2) is 37.0. The molecule has 0 heterocycles. The fourth-order valence-corrected chi connectivity index (χ4v) is 2.53. The van der Waals surface area contributed by atoms with Crippen LogP contribution < -0.4 is 32.7 Å². The molecule has 54 heavy (non-hydrogen) atoms. The first-order valence-electron chi connectivity index (χ1n) is 13.6. The first-order valence-corrected chi connectivity index (χ1v) is 18.9. The SMILES string of the molecule is C/C=C/C(=O)NC(N)C(Cl)(Cl)Cl.C/C=C/C(=O)NC(NC(C)=S)C(Cl)(Cl)Cl.C/C=C/C(=O)NC(O)C(Cl)(Cl)Cl.C/C=C/C(N)=O.C=C=S.O=CC(Cl)(Cl)Cl. The first kappa shape index (κ1) is 65.5. The molecule has 4 amide bonds. The highest BCUT2D eigenvalue weighted by molar-refractivity contribution is 7.80. The van der Waals surface area contributed by atoms with Gasteiger partial charge in [0.25, 0.3) is 0 Å². The number of rotatable bonds is 8. The number of hydrogen-bond acceptors (Lipinski definition) is 9. The van der Waals surface area contributed by atoms with Gasteiger partial charge in [-0.05, 0) is 77.7 Å². The number of aliphatic hydroxyl groups is 1.